The molecule has 2 heterocycles. The Morgan fingerprint density at radius 1 is 1.45 bits per heavy atom. The van der Waals surface area contributed by atoms with Crippen LogP contribution in [0, 0.1) is 0 Å². The molecule has 2 rings (SSSR count). The van der Waals surface area contributed by atoms with E-state index >= 15 is 0 Å². The van der Waals surface area contributed by atoms with Gasteiger partial charge in [-0.3, -0.25) is 16.0 Å². The number of nitrogens with zero attached hydrogens (tertiary/aromatic N) is 2. The summed E-state index contributed by atoms with van der Waals surface area (Å²) in [5, 5.41) is 7.43. The van der Waals surface area contributed by atoms with Gasteiger partial charge in [0.15, 0.2) is 0 Å². The predicted octanol–water partition coefficient (Wildman–Crippen LogP) is 2.80. The van der Waals surface area contributed by atoms with E-state index in [0.29, 0.717) is 0 Å². The van der Waals surface area contributed by atoms with Crippen LogP contribution in [0.5, 0.6) is 0 Å². The summed E-state index contributed by atoms with van der Waals surface area (Å²) < 4.78 is 1.99. The Balaban J connectivity index is 2.16. The molecule has 0 amide bonds. The van der Waals surface area contributed by atoms with Crippen molar-refractivity contribution in [1.29, 1.82) is 0 Å². The number of aryl methyl sites for hydroxylation is 2. The molecule has 4 nitrogen and oxygen atoms in total. The molecule has 110 valence electrons. The van der Waals surface area contributed by atoms with Crippen LogP contribution in [0.25, 0.3) is 0 Å². The first-order valence-corrected chi connectivity index (χ1v) is 8.17. The van der Waals surface area contributed by atoms with Gasteiger partial charge in [0.05, 0.1) is 16.4 Å². The second-order valence-electron chi connectivity index (χ2n) is 4.73. The molecule has 0 aliphatic carbocycles. The van der Waals surface area contributed by atoms with Crippen LogP contribution in [0.4, 0.5) is 0 Å². The van der Waals surface area contributed by atoms with Gasteiger partial charge in [-0.2, -0.15) is 5.10 Å². The standard InChI is InChI=1S/C14H21ClN4S/c1-3-12-14(15)13(19(4-2)18-12)9-10(17-16)8-11-6-5-7-20-11/h5-7,10,17H,3-4,8-9,16H2,1-2H3. The lowest BCUT2D eigenvalue weighted by atomic mass is 10.1. The molecular formula is C14H21ClN4S. The van der Waals surface area contributed by atoms with E-state index in [9.17, 15) is 0 Å². The van der Waals surface area contributed by atoms with Crippen LogP contribution in [-0.2, 0) is 25.8 Å². The molecule has 0 saturated heterocycles. The fraction of sp³-hybridized carbons (Fsp3) is 0.500. The maximum atomic E-state index is 6.44. The molecule has 0 aliphatic heterocycles. The van der Waals surface area contributed by atoms with E-state index in [1.165, 1.54) is 4.88 Å². The van der Waals surface area contributed by atoms with E-state index in [-0.39, 0.29) is 6.04 Å². The van der Waals surface area contributed by atoms with Gasteiger partial charge in [-0.25, -0.2) is 0 Å². The summed E-state index contributed by atoms with van der Waals surface area (Å²) in [6.45, 7) is 4.98. The fourth-order valence-corrected chi connectivity index (χ4v) is 3.44. The largest absolute Gasteiger partial charge is 0.271 e. The molecule has 0 radical (unpaired) electrons. The third kappa shape index (κ3) is 3.41. The maximum Gasteiger partial charge on any atom is 0.0850 e. The smallest absolute Gasteiger partial charge is 0.0850 e. The van der Waals surface area contributed by atoms with Crippen LogP contribution in [-0.4, -0.2) is 15.8 Å². The first-order chi connectivity index (χ1) is 9.69. The summed E-state index contributed by atoms with van der Waals surface area (Å²) >= 11 is 8.19. The number of halogens is 1. The Bertz CT molecular complexity index is 536. The Morgan fingerprint density at radius 2 is 2.25 bits per heavy atom. The van der Waals surface area contributed by atoms with E-state index in [1.807, 2.05) is 4.68 Å². The number of aromatic nitrogens is 2. The van der Waals surface area contributed by atoms with Crippen LogP contribution >= 0.6 is 22.9 Å². The second-order valence-corrected chi connectivity index (χ2v) is 6.14. The molecule has 0 aromatic carbocycles. The molecule has 2 aromatic heterocycles. The van der Waals surface area contributed by atoms with Gasteiger partial charge in [-0.1, -0.05) is 24.6 Å². The van der Waals surface area contributed by atoms with Crippen molar-refractivity contribution in [2.75, 3.05) is 0 Å². The first kappa shape index (κ1) is 15.5. The Kier molecular flexibility index (Phi) is 5.60. The Hall–Kier alpha value is -0.880. The molecule has 1 unspecified atom stereocenters. The van der Waals surface area contributed by atoms with E-state index in [1.54, 1.807) is 11.3 Å². The summed E-state index contributed by atoms with van der Waals surface area (Å²) in [7, 11) is 0. The molecule has 0 bridgehead atoms. The minimum absolute atomic E-state index is 0.165. The number of nitrogens with one attached hydrogen (secondary N) is 1. The van der Waals surface area contributed by atoms with Gasteiger partial charge in [0, 0.05) is 23.9 Å². The van der Waals surface area contributed by atoms with Crippen molar-refractivity contribution in [2.24, 2.45) is 5.84 Å². The van der Waals surface area contributed by atoms with Gasteiger partial charge in [-0.05, 0) is 31.2 Å². The lowest BCUT2D eigenvalue weighted by molar-refractivity contribution is 0.498. The maximum absolute atomic E-state index is 6.44. The zero-order chi connectivity index (χ0) is 14.5. The number of thiophene rings is 1. The first-order valence-electron chi connectivity index (χ1n) is 6.92. The highest BCUT2D eigenvalue weighted by atomic mass is 35.5. The average molecular weight is 313 g/mol. The number of hydrazine groups is 1. The van der Waals surface area contributed by atoms with Crippen molar-refractivity contribution in [1.82, 2.24) is 15.2 Å². The van der Waals surface area contributed by atoms with Gasteiger partial charge in [0.2, 0.25) is 0 Å². The molecule has 0 fully saturated rings. The molecule has 2 aromatic rings. The molecular weight excluding hydrogens is 292 g/mol. The van der Waals surface area contributed by atoms with Crippen LogP contribution in [0.1, 0.15) is 30.1 Å². The van der Waals surface area contributed by atoms with E-state index in [2.05, 4.69) is 41.9 Å². The topological polar surface area (TPSA) is 55.9 Å². The van der Waals surface area contributed by atoms with Crippen molar-refractivity contribution < 1.29 is 0 Å². The quantitative estimate of drug-likeness (QED) is 0.610. The predicted molar refractivity (Wildman–Crippen MR) is 85.1 cm³/mol. The number of rotatable bonds is 7. The monoisotopic (exact) mass is 312 g/mol. The Labute approximate surface area is 128 Å². The summed E-state index contributed by atoms with van der Waals surface area (Å²) in [6, 6.07) is 4.36. The molecule has 3 N–H and O–H groups in total. The number of nitrogens with two attached hydrogens (primary N) is 1. The fourth-order valence-electron chi connectivity index (χ4n) is 2.31. The average Bonchev–Trinajstić information content (AvgIpc) is 3.07. The zero-order valence-electron chi connectivity index (χ0n) is 11.9. The molecule has 20 heavy (non-hydrogen) atoms. The zero-order valence-corrected chi connectivity index (χ0v) is 13.5. The lowest BCUT2D eigenvalue weighted by Gasteiger charge is -2.16. The highest BCUT2D eigenvalue weighted by Gasteiger charge is 2.18. The molecule has 6 heteroatoms. The van der Waals surface area contributed by atoms with E-state index in [0.717, 1.165) is 42.2 Å². The number of hydrogen-bond donors (Lipinski definition) is 2. The van der Waals surface area contributed by atoms with Gasteiger partial charge in [0.1, 0.15) is 0 Å². The molecule has 0 spiro atoms. The summed E-state index contributed by atoms with van der Waals surface area (Å²) in [5.41, 5.74) is 4.94. The van der Waals surface area contributed by atoms with Crippen molar-refractivity contribution in [2.45, 2.75) is 45.7 Å². The van der Waals surface area contributed by atoms with Gasteiger partial charge in [0.25, 0.3) is 0 Å². The van der Waals surface area contributed by atoms with Crippen molar-refractivity contribution in [3.8, 4) is 0 Å². The van der Waals surface area contributed by atoms with Crippen LogP contribution < -0.4 is 11.3 Å². The normalized spacial score (nSPS) is 12.8. The lowest BCUT2D eigenvalue weighted by Crippen LogP contribution is -2.38. The van der Waals surface area contributed by atoms with E-state index < -0.39 is 0 Å². The molecule has 0 saturated carbocycles. The minimum atomic E-state index is 0.165. The summed E-state index contributed by atoms with van der Waals surface area (Å²) in [6.07, 6.45) is 2.54. The highest BCUT2D eigenvalue weighted by molar-refractivity contribution is 7.09. The van der Waals surface area contributed by atoms with Crippen molar-refractivity contribution >= 4 is 22.9 Å². The third-order valence-corrected chi connectivity index (χ3v) is 4.73. The van der Waals surface area contributed by atoms with Gasteiger partial charge in [-0.15, -0.1) is 11.3 Å². The van der Waals surface area contributed by atoms with Crippen molar-refractivity contribution in [3.63, 3.8) is 0 Å². The minimum Gasteiger partial charge on any atom is -0.271 e. The van der Waals surface area contributed by atoms with Crippen LogP contribution in [0.2, 0.25) is 5.02 Å². The van der Waals surface area contributed by atoms with Crippen LogP contribution in [0.15, 0.2) is 17.5 Å². The molecule has 1 atom stereocenters. The summed E-state index contributed by atoms with van der Waals surface area (Å²) in [4.78, 5) is 1.32. The highest BCUT2D eigenvalue weighted by Crippen LogP contribution is 2.24. The van der Waals surface area contributed by atoms with E-state index in [4.69, 9.17) is 17.4 Å². The van der Waals surface area contributed by atoms with Gasteiger partial charge < -0.3 is 0 Å². The Morgan fingerprint density at radius 3 is 2.80 bits per heavy atom. The van der Waals surface area contributed by atoms with Gasteiger partial charge >= 0.3 is 0 Å². The summed E-state index contributed by atoms with van der Waals surface area (Å²) in [5.74, 6) is 5.70. The van der Waals surface area contributed by atoms with Crippen LogP contribution in [0.3, 0.4) is 0 Å². The second kappa shape index (κ2) is 7.22. The molecule has 0 aliphatic rings. The van der Waals surface area contributed by atoms with Crippen molar-refractivity contribution in [3.05, 3.63) is 38.8 Å². The SMILES string of the molecule is CCc1nn(CC)c(CC(Cc2cccs2)NN)c1Cl. The third-order valence-electron chi connectivity index (χ3n) is 3.40. The number of hydrogen-bond acceptors (Lipinski definition) is 4.